The molecule has 1 aliphatic heterocycles. The summed E-state index contributed by atoms with van der Waals surface area (Å²) in [6.07, 6.45) is -0.297. The largest absolute Gasteiger partial charge is 0.456 e. The van der Waals surface area contributed by atoms with Crippen molar-refractivity contribution in [2.75, 3.05) is 0 Å². The van der Waals surface area contributed by atoms with Crippen molar-refractivity contribution in [2.24, 2.45) is 4.99 Å². The van der Waals surface area contributed by atoms with Crippen LogP contribution in [0, 0.1) is 0 Å². The number of furan rings is 1. The van der Waals surface area contributed by atoms with Crippen molar-refractivity contribution in [1.82, 2.24) is 10.6 Å². The fourth-order valence-corrected chi connectivity index (χ4v) is 5.89. The Labute approximate surface area is 238 Å². The topological polar surface area (TPSA) is 49.6 Å². The number of benzene rings is 6. The quantitative estimate of drug-likeness (QED) is 0.240. The van der Waals surface area contributed by atoms with Gasteiger partial charge in [-0.3, -0.25) is 5.32 Å². The van der Waals surface area contributed by atoms with Gasteiger partial charge in [0.05, 0.1) is 0 Å². The van der Waals surface area contributed by atoms with E-state index < -0.39 is 0 Å². The molecule has 2 heterocycles. The Bertz CT molecular complexity index is 2060. The van der Waals surface area contributed by atoms with Gasteiger partial charge in [0.2, 0.25) is 0 Å². The van der Waals surface area contributed by atoms with Gasteiger partial charge in [-0.05, 0) is 57.3 Å². The predicted octanol–water partition coefficient (Wildman–Crippen LogP) is 8.74. The fraction of sp³-hybridized carbons (Fsp3) is 0.0541. The zero-order chi connectivity index (χ0) is 27.2. The van der Waals surface area contributed by atoms with Crippen LogP contribution in [0.5, 0.6) is 0 Å². The highest BCUT2D eigenvalue weighted by atomic mass is 16.3. The molecule has 2 atom stereocenters. The lowest BCUT2D eigenvalue weighted by molar-refractivity contribution is 0.409. The average molecular weight is 530 g/mol. The van der Waals surface area contributed by atoms with E-state index in [1.54, 1.807) is 0 Å². The molecular formula is C37H27N3O. The van der Waals surface area contributed by atoms with E-state index in [-0.39, 0.29) is 12.3 Å². The maximum atomic E-state index is 6.37. The molecule has 0 aliphatic carbocycles. The van der Waals surface area contributed by atoms with Crippen molar-refractivity contribution in [3.63, 3.8) is 0 Å². The molecule has 4 nitrogen and oxygen atoms in total. The van der Waals surface area contributed by atoms with Crippen LogP contribution in [-0.4, -0.2) is 5.84 Å². The van der Waals surface area contributed by atoms with Crippen molar-refractivity contribution in [3.8, 4) is 11.1 Å². The highest BCUT2D eigenvalue weighted by Crippen LogP contribution is 2.36. The van der Waals surface area contributed by atoms with Crippen molar-refractivity contribution in [2.45, 2.75) is 12.3 Å². The van der Waals surface area contributed by atoms with E-state index in [1.165, 1.54) is 16.3 Å². The Kier molecular flexibility index (Phi) is 5.64. The Hall–Kier alpha value is -5.19. The summed E-state index contributed by atoms with van der Waals surface area (Å²) in [5.74, 6) is 0.843. The minimum atomic E-state index is -0.195. The normalized spacial score (nSPS) is 17.0. The average Bonchev–Trinajstić information content (AvgIpc) is 3.43. The van der Waals surface area contributed by atoms with Gasteiger partial charge in [-0.25, -0.2) is 4.99 Å². The molecule has 6 aromatic carbocycles. The minimum Gasteiger partial charge on any atom is -0.456 e. The first kappa shape index (κ1) is 23.7. The molecule has 0 spiro atoms. The maximum absolute atomic E-state index is 6.37. The van der Waals surface area contributed by atoms with Gasteiger partial charge in [0.1, 0.15) is 29.3 Å². The van der Waals surface area contributed by atoms with Gasteiger partial charge < -0.3 is 9.73 Å². The number of rotatable bonds is 4. The van der Waals surface area contributed by atoms with Crippen LogP contribution in [0.4, 0.5) is 0 Å². The van der Waals surface area contributed by atoms with Gasteiger partial charge in [0.25, 0.3) is 0 Å². The minimum absolute atomic E-state index is 0.101. The Morgan fingerprint density at radius 3 is 2.10 bits per heavy atom. The van der Waals surface area contributed by atoms with Crippen LogP contribution in [0.15, 0.2) is 149 Å². The highest BCUT2D eigenvalue weighted by molar-refractivity contribution is 6.18. The Balaban J connectivity index is 1.29. The Morgan fingerprint density at radius 2 is 1.27 bits per heavy atom. The molecule has 0 saturated carbocycles. The molecule has 196 valence electrons. The number of hydrogen-bond donors (Lipinski definition) is 2. The highest BCUT2D eigenvalue weighted by Gasteiger charge is 2.27. The molecule has 1 aromatic heterocycles. The second kappa shape index (κ2) is 9.77. The second-order valence-corrected chi connectivity index (χ2v) is 10.5. The lowest BCUT2D eigenvalue weighted by atomic mass is 9.98. The van der Waals surface area contributed by atoms with E-state index in [1.807, 2.05) is 24.3 Å². The number of amidine groups is 1. The fourth-order valence-electron chi connectivity index (χ4n) is 5.89. The summed E-state index contributed by atoms with van der Waals surface area (Å²) in [5.41, 5.74) is 7.36. The molecule has 0 radical (unpaired) electrons. The van der Waals surface area contributed by atoms with E-state index in [0.717, 1.165) is 50.0 Å². The molecule has 1 aliphatic rings. The van der Waals surface area contributed by atoms with Crippen molar-refractivity contribution in [1.29, 1.82) is 0 Å². The molecule has 0 amide bonds. The predicted molar refractivity (Wildman–Crippen MR) is 168 cm³/mol. The van der Waals surface area contributed by atoms with Gasteiger partial charge in [-0.1, -0.05) is 115 Å². The van der Waals surface area contributed by atoms with Crippen molar-refractivity contribution in [3.05, 3.63) is 156 Å². The van der Waals surface area contributed by atoms with Crippen LogP contribution in [0.1, 0.15) is 29.0 Å². The van der Waals surface area contributed by atoms with Crippen LogP contribution >= 0.6 is 0 Å². The van der Waals surface area contributed by atoms with E-state index in [0.29, 0.717) is 0 Å². The summed E-state index contributed by atoms with van der Waals surface area (Å²) in [7, 11) is 0. The SMILES string of the molecule is c1ccc(C2N=C(c3cccc4oc5ccc(-c6ccc7ccccc7c6)cc5c34)NC(c3ccccc3)N2)cc1. The lowest BCUT2D eigenvalue weighted by Crippen LogP contribution is -2.45. The Morgan fingerprint density at radius 1 is 0.561 bits per heavy atom. The van der Waals surface area contributed by atoms with Crippen LogP contribution in [-0.2, 0) is 0 Å². The van der Waals surface area contributed by atoms with Gasteiger partial charge >= 0.3 is 0 Å². The number of aliphatic imine (C=N–C) groups is 1. The molecule has 0 bridgehead atoms. The van der Waals surface area contributed by atoms with Crippen LogP contribution in [0.3, 0.4) is 0 Å². The lowest BCUT2D eigenvalue weighted by Gasteiger charge is -2.32. The molecule has 2 N–H and O–H groups in total. The van der Waals surface area contributed by atoms with Gasteiger partial charge in [0.15, 0.2) is 0 Å². The molecule has 41 heavy (non-hydrogen) atoms. The van der Waals surface area contributed by atoms with Gasteiger partial charge in [-0.15, -0.1) is 0 Å². The van der Waals surface area contributed by atoms with E-state index in [2.05, 4.69) is 126 Å². The first-order valence-corrected chi connectivity index (χ1v) is 14.0. The van der Waals surface area contributed by atoms with Gasteiger partial charge in [0, 0.05) is 16.3 Å². The van der Waals surface area contributed by atoms with Crippen LogP contribution in [0.25, 0.3) is 43.8 Å². The summed E-state index contributed by atoms with van der Waals surface area (Å²) in [6, 6.07) is 48.7. The van der Waals surface area contributed by atoms with Crippen molar-refractivity contribution >= 4 is 38.5 Å². The van der Waals surface area contributed by atoms with E-state index in [4.69, 9.17) is 9.41 Å². The monoisotopic (exact) mass is 529 g/mol. The first-order chi connectivity index (χ1) is 20.3. The first-order valence-electron chi connectivity index (χ1n) is 14.0. The zero-order valence-electron chi connectivity index (χ0n) is 22.3. The second-order valence-electron chi connectivity index (χ2n) is 10.5. The maximum Gasteiger partial charge on any atom is 0.136 e. The number of fused-ring (bicyclic) bond motifs is 4. The molecular weight excluding hydrogens is 502 g/mol. The summed E-state index contributed by atoms with van der Waals surface area (Å²) in [5, 5.41) is 12.0. The summed E-state index contributed by atoms with van der Waals surface area (Å²) in [6.45, 7) is 0. The molecule has 4 heteroatoms. The third-order valence-electron chi connectivity index (χ3n) is 7.94. The number of nitrogens with zero attached hydrogens (tertiary/aromatic N) is 1. The molecule has 0 fully saturated rings. The van der Waals surface area contributed by atoms with Crippen LogP contribution in [0.2, 0.25) is 0 Å². The third kappa shape index (κ3) is 4.26. The van der Waals surface area contributed by atoms with Gasteiger partial charge in [-0.2, -0.15) is 0 Å². The summed E-state index contributed by atoms with van der Waals surface area (Å²) >= 11 is 0. The van der Waals surface area contributed by atoms with Crippen molar-refractivity contribution < 1.29 is 4.42 Å². The zero-order valence-corrected chi connectivity index (χ0v) is 22.3. The molecule has 2 unspecified atom stereocenters. The standard InChI is InChI=1S/C37H27N3O/c1-3-11-25(12-4-1)35-38-36(26-13-5-2-6-14-26)40-37(39-35)30-16-9-17-33-34(30)31-23-29(20-21-32(31)41-33)28-19-18-24-10-7-8-15-27(24)22-28/h1-23,35-36,38H,(H,39,40). The van der Waals surface area contributed by atoms with Crippen LogP contribution < -0.4 is 10.6 Å². The summed E-state index contributed by atoms with van der Waals surface area (Å²) < 4.78 is 6.37. The third-order valence-corrected chi connectivity index (χ3v) is 7.94. The smallest absolute Gasteiger partial charge is 0.136 e. The van der Waals surface area contributed by atoms with E-state index in [9.17, 15) is 0 Å². The van der Waals surface area contributed by atoms with E-state index >= 15 is 0 Å². The number of hydrogen-bond acceptors (Lipinski definition) is 4. The molecule has 8 rings (SSSR count). The molecule has 7 aromatic rings. The number of nitrogens with one attached hydrogen (secondary N) is 2. The summed E-state index contributed by atoms with van der Waals surface area (Å²) in [4.78, 5) is 5.20. The molecule has 0 saturated heterocycles.